The molecule has 1 aliphatic heterocycles. The molecule has 0 saturated carbocycles. The number of fused-ring (bicyclic) bond motifs is 1. The van der Waals surface area contributed by atoms with Crippen molar-refractivity contribution < 1.29 is 4.79 Å². The molecule has 1 unspecified atom stereocenters. The normalized spacial score (nSPS) is 16.9. The van der Waals surface area contributed by atoms with Crippen LogP contribution in [-0.4, -0.2) is 35.9 Å². The van der Waals surface area contributed by atoms with Crippen LogP contribution in [0.2, 0.25) is 0 Å². The van der Waals surface area contributed by atoms with Gasteiger partial charge in [-0.15, -0.1) is 5.10 Å². The monoisotopic (exact) mass is 337 g/mol. The van der Waals surface area contributed by atoms with Gasteiger partial charge in [-0.2, -0.15) is 5.10 Å². The summed E-state index contributed by atoms with van der Waals surface area (Å²) in [5.41, 5.74) is 1.94. The van der Waals surface area contributed by atoms with Crippen molar-refractivity contribution in [3.8, 4) is 5.69 Å². The Labute approximate surface area is 144 Å². The molecule has 128 valence electrons. The lowest BCUT2D eigenvalue weighted by molar-refractivity contribution is -0.123. The van der Waals surface area contributed by atoms with Crippen molar-refractivity contribution in [3.63, 3.8) is 0 Å². The second kappa shape index (κ2) is 6.84. The number of hydrogen-bond acceptors (Lipinski definition) is 5. The zero-order valence-electron chi connectivity index (χ0n) is 13.7. The zero-order valence-corrected chi connectivity index (χ0v) is 13.7. The number of carbonyl (C=O) groups is 1. The number of amides is 1. The average molecular weight is 337 g/mol. The molecule has 0 spiro atoms. The molecule has 8 heteroatoms. The molecule has 0 saturated heterocycles. The van der Waals surface area contributed by atoms with E-state index in [2.05, 4.69) is 25.9 Å². The van der Waals surface area contributed by atoms with Crippen molar-refractivity contribution in [2.45, 2.75) is 38.3 Å². The Kier molecular flexibility index (Phi) is 4.24. The van der Waals surface area contributed by atoms with Crippen LogP contribution in [0, 0.1) is 0 Å². The fourth-order valence-electron chi connectivity index (χ4n) is 3.09. The number of nitrogens with zero attached hydrogens (tertiary/aromatic N) is 6. The fourth-order valence-corrected chi connectivity index (χ4v) is 3.09. The number of tetrazole rings is 1. The predicted molar refractivity (Wildman–Crippen MR) is 89.8 cm³/mol. The Morgan fingerprint density at radius 1 is 1.24 bits per heavy atom. The SMILES string of the molecule is O=C(NCc1cnn(-c2ccccc2)c1)C1CCCCn2nnnc21. The van der Waals surface area contributed by atoms with E-state index in [1.165, 1.54) is 0 Å². The van der Waals surface area contributed by atoms with Gasteiger partial charge in [-0.05, 0) is 35.4 Å². The van der Waals surface area contributed by atoms with E-state index in [9.17, 15) is 4.79 Å². The van der Waals surface area contributed by atoms with Crippen molar-refractivity contribution >= 4 is 5.91 Å². The van der Waals surface area contributed by atoms with Gasteiger partial charge in [0, 0.05) is 24.8 Å². The molecule has 3 heterocycles. The van der Waals surface area contributed by atoms with Crippen LogP contribution in [0.1, 0.15) is 36.6 Å². The topological polar surface area (TPSA) is 90.5 Å². The molecule has 1 aliphatic rings. The molecule has 0 fully saturated rings. The first-order valence-electron chi connectivity index (χ1n) is 8.44. The highest BCUT2D eigenvalue weighted by atomic mass is 16.1. The number of benzene rings is 1. The van der Waals surface area contributed by atoms with E-state index in [0.29, 0.717) is 12.4 Å². The number of carbonyl (C=O) groups excluding carboxylic acids is 1. The number of aromatic nitrogens is 6. The Morgan fingerprint density at radius 2 is 2.12 bits per heavy atom. The summed E-state index contributed by atoms with van der Waals surface area (Å²) >= 11 is 0. The molecule has 0 radical (unpaired) electrons. The number of aryl methyl sites for hydroxylation is 1. The number of hydrogen-bond donors (Lipinski definition) is 1. The summed E-state index contributed by atoms with van der Waals surface area (Å²) in [6.45, 7) is 1.21. The van der Waals surface area contributed by atoms with E-state index < -0.39 is 0 Å². The molecule has 25 heavy (non-hydrogen) atoms. The summed E-state index contributed by atoms with van der Waals surface area (Å²) < 4.78 is 3.54. The van der Waals surface area contributed by atoms with Gasteiger partial charge in [0.05, 0.1) is 17.8 Å². The molecule has 0 aliphatic carbocycles. The molecule has 1 atom stereocenters. The van der Waals surface area contributed by atoms with Gasteiger partial charge < -0.3 is 5.32 Å². The van der Waals surface area contributed by atoms with E-state index >= 15 is 0 Å². The summed E-state index contributed by atoms with van der Waals surface area (Å²) in [7, 11) is 0. The summed E-state index contributed by atoms with van der Waals surface area (Å²) in [4.78, 5) is 12.6. The zero-order chi connectivity index (χ0) is 17.1. The van der Waals surface area contributed by atoms with Crippen molar-refractivity contribution in [2.75, 3.05) is 0 Å². The van der Waals surface area contributed by atoms with E-state index in [4.69, 9.17) is 0 Å². The van der Waals surface area contributed by atoms with Gasteiger partial charge in [0.2, 0.25) is 5.91 Å². The van der Waals surface area contributed by atoms with Crippen LogP contribution >= 0.6 is 0 Å². The summed E-state index contributed by atoms with van der Waals surface area (Å²) in [5, 5.41) is 19.1. The summed E-state index contributed by atoms with van der Waals surface area (Å²) in [5.74, 6) is 0.335. The lowest BCUT2D eigenvalue weighted by Crippen LogP contribution is -2.30. The smallest absolute Gasteiger partial charge is 0.231 e. The Hall–Kier alpha value is -3.03. The molecule has 2 aromatic heterocycles. The Bertz CT molecular complexity index is 855. The summed E-state index contributed by atoms with van der Waals surface area (Å²) in [6.07, 6.45) is 6.44. The second-order valence-electron chi connectivity index (χ2n) is 6.16. The number of para-hydroxylation sites is 1. The Balaban J connectivity index is 1.42. The lowest BCUT2D eigenvalue weighted by Gasteiger charge is -2.12. The molecular formula is C17H19N7O. The first kappa shape index (κ1) is 15.5. The van der Waals surface area contributed by atoms with E-state index in [1.807, 2.05) is 36.5 Å². The van der Waals surface area contributed by atoms with Crippen LogP contribution in [0.5, 0.6) is 0 Å². The third-order valence-corrected chi connectivity index (χ3v) is 4.42. The molecule has 0 bridgehead atoms. The van der Waals surface area contributed by atoms with Crippen LogP contribution < -0.4 is 5.32 Å². The van der Waals surface area contributed by atoms with Crippen LogP contribution in [0.15, 0.2) is 42.7 Å². The molecule has 1 amide bonds. The second-order valence-corrected chi connectivity index (χ2v) is 6.16. The quantitative estimate of drug-likeness (QED) is 0.778. The van der Waals surface area contributed by atoms with Crippen molar-refractivity contribution in [2.24, 2.45) is 0 Å². The van der Waals surface area contributed by atoms with Crippen molar-refractivity contribution in [1.29, 1.82) is 0 Å². The molecular weight excluding hydrogens is 318 g/mol. The maximum Gasteiger partial charge on any atom is 0.231 e. The van der Waals surface area contributed by atoms with Gasteiger partial charge in [0.15, 0.2) is 5.82 Å². The Morgan fingerprint density at radius 3 is 3.00 bits per heavy atom. The lowest BCUT2D eigenvalue weighted by atomic mass is 10.0. The first-order valence-corrected chi connectivity index (χ1v) is 8.44. The van der Waals surface area contributed by atoms with Crippen LogP contribution in [0.25, 0.3) is 5.69 Å². The van der Waals surface area contributed by atoms with E-state index in [-0.39, 0.29) is 11.8 Å². The standard InChI is InChI=1S/C17H19N7O/c25-17(15-8-4-5-9-23-16(15)20-21-22-23)18-10-13-11-19-24(12-13)14-6-2-1-3-7-14/h1-3,6-7,11-12,15H,4-5,8-10H2,(H,18,25). The fraction of sp³-hybridized carbons (Fsp3) is 0.353. The van der Waals surface area contributed by atoms with Gasteiger partial charge in [-0.3, -0.25) is 4.79 Å². The predicted octanol–water partition coefficient (Wildman–Crippen LogP) is 1.44. The largest absolute Gasteiger partial charge is 0.351 e. The molecule has 4 rings (SSSR count). The number of nitrogens with one attached hydrogen (secondary N) is 1. The van der Waals surface area contributed by atoms with Gasteiger partial charge in [-0.1, -0.05) is 24.6 Å². The van der Waals surface area contributed by atoms with Crippen molar-refractivity contribution in [1.82, 2.24) is 35.3 Å². The molecule has 8 nitrogen and oxygen atoms in total. The molecule has 3 aromatic rings. The van der Waals surface area contributed by atoms with Gasteiger partial charge >= 0.3 is 0 Å². The van der Waals surface area contributed by atoms with Gasteiger partial charge in [0.25, 0.3) is 0 Å². The van der Waals surface area contributed by atoms with Crippen LogP contribution in [0.4, 0.5) is 0 Å². The third-order valence-electron chi connectivity index (χ3n) is 4.42. The minimum atomic E-state index is -0.290. The van der Waals surface area contributed by atoms with Crippen molar-refractivity contribution in [3.05, 3.63) is 54.1 Å². The average Bonchev–Trinajstić information content (AvgIpc) is 3.26. The minimum Gasteiger partial charge on any atom is -0.351 e. The maximum atomic E-state index is 12.6. The maximum absolute atomic E-state index is 12.6. The van der Waals surface area contributed by atoms with Gasteiger partial charge in [0.1, 0.15) is 0 Å². The first-order chi connectivity index (χ1) is 12.3. The molecule has 1 N–H and O–H groups in total. The van der Waals surface area contributed by atoms with E-state index in [1.54, 1.807) is 15.6 Å². The highest BCUT2D eigenvalue weighted by molar-refractivity contribution is 5.82. The minimum absolute atomic E-state index is 0.0367. The highest BCUT2D eigenvalue weighted by Gasteiger charge is 2.28. The number of rotatable bonds is 4. The van der Waals surface area contributed by atoms with Gasteiger partial charge in [-0.25, -0.2) is 9.36 Å². The molecule has 1 aromatic carbocycles. The summed E-state index contributed by atoms with van der Waals surface area (Å²) in [6, 6.07) is 9.87. The van der Waals surface area contributed by atoms with E-state index in [0.717, 1.165) is 37.1 Å². The van der Waals surface area contributed by atoms with Crippen LogP contribution in [-0.2, 0) is 17.9 Å². The van der Waals surface area contributed by atoms with Crippen LogP contribution in [0.3, 0.4) is 0 Å². The highest BCUT2D eigenvalue weighted by Crippen LogP contribution is 2.24. The third kappa shape index (κ3) is 3.28.